The maximum atomic E-state index is 11.0. The summed E-state index contributed by atoms with van der Waals surface area (Å²) >= 11 is 0. The molecule has 0 spiro atoms. The Morgan fingerprint density at radius 3 is 2.40 bits per heavy atom. The maximum absolute atomic E-state index is 11.0. The van der Waals surface area contributed by atoms with Crippen LogP contribution < -0.4 is 4.74 Å². The Morgan fingerprint density at radius 1 is 1.33 bits per heavy atom. The highest BCUT2D eigenvalue weighted by Crippen LogP contribution is 2.25. The third-order valence-corrected chi connectivity index (χ3v) is 2.63. The van der Waals surface area contributed by atoms with Crippen molar-refractivity contribution < 1.29 is 17.7 Å². The van der Waals surface area contributed by atoms with E-state index >= 15 is 0 Å². The molecule has 0 aliphatic carbocycles. The van der Waals surface area contributed by atoms with Crippen LogP contribution in [0.5, 0.6) is 5.75 Å². The molecule has 0 radical (unpaired) electrons. The van der Waals surface area contributed by atoms with Crippen LogP contribution in [0, 0.1) is 6.92 Å². The first-order valence-corrected chi connectivity index (χ1v) is 5.99. The summed E-state index contributed by atoms with van der Waals surface area (Å²) in [5.41, 5.74) is 0.873. The third kappa shape index (κ3) is 3.21. The first-order valence-electron chi connectivity index (χ1n) is 4.55. The van der Waals surface area contributed by atoms with Gasteiger partial charge in [-0.15, -0.1) is 0 Å². The third-order valence-electron chi connectivity index (χ3n) is 1.74. The van der Waals surface area contributed by atoms with Crippen LogP contribution in [0.3, 0.4) is 0 Å². The van der Waals surface area contributed by atoms with Crippen molar-refractivity contribution in [3.05, 3.63) is 23.8 Å². The molecule has 4 nitrogen and oxygen atoms in total. The van der Waals surface area contributed by atoms with Crippen molar-refractivity contribution in [3.63, 3.8) is 0 Å². The lowest BCUT2D eigenvalue weighted by atomic mass is 10.2. The van der Waals surface area contributed by atoms with Gasteiger partial charge in [0.1, 0.15) is 10.6 Å². The summed E-state index contributed by atoms with van der Waals surface area (Å²) in [6.07, 6.45) is -0.146. The molecule has 0 saturated heterocycles. The van der Waals surface area contributed by atoms with Gasteiger partial charge in [0.2, 0.25) is 0 Å². The summed E-state index contributed by atoms with van der Waals surface area (Å²) in [5.74, 6) is 0.188. The summed E-state index contributed by atoms with van der Waals surface area (Å²) in [7, 11) is -4.22. The van der Waals surface area contributed by atoms with Gasteiger partial charge in [0.05, 0.1) is 6.10 Å². The minimum absolute atomic E-state index is 0.146. The molecule has 15 heavy (non-hydrogen) atoms. The lowest BCUT2D eigenvalue weighted by Gasteiger charge is -2.13. The molecule has 0 aliphatic rings. The van der Waals surface area contributed by atoms with Crippen molar-refractivity contribution in [2.75, 3.05) is 0 Å². The number of benzene rings is 1. The van der Waals surface area contributed by atoms with Crippen molar-refractivity contribution >= 4 is 10.1 Å². The van der Waals surface area contributed by atoms with E-state index < -0.39 is 10.1 Å². The fourth-order valence-corrected chi connectivity index (χ4v) is 1.78. The van der Waals surface area contributed by atoms with Crippen LogP contribution in [0.4, 0.5) is 0 Å². The van der Waals surface area contributed by atoms with Crippen LogP contribution in [0.1, 0.15) is 19.4 Å². The Hall–Kier alpha value is -1.07. The van der Waals surface area contributed by atoms with Crippen molar-refractivity contribution in [2.24, 2.45) is 0 Å². The van der Waals surface area contributed by atoms with E-state index in [0.29, 0.717) is 0 Å². The number of aryl methyl sites for hydroxylation is 1. The highest BCUT2D eigenvalue weighted by molar-refractivity contribution is 7.86. The zero-order valence-electron chi connectivity index (χ0n) is 8.89. The average molecular weight is 230 g/mol. The van der Waals surface area contributed by atoms with Gasteiger partial charge in [-0.25, -0.2) is 0 Å². The minimum Gasteiger partial charge on any atom is -0.490 e. The van der Waals surface area contributed by atoms with Crippen LogP contribution in [0.2, 0.25) is 0 Å². The van der Waals surface area contributed by atoms with Crippen LogP contribution in [0.15, 0.2) is 23.1 Å². The molecule has 0 atom stereocenters. The second-order valence-electron chi connectivity index (χ2n) is 3.59. The molecule has 0 saturated carbocycles. The molecule has 1 aromatic carbocycles. The zero-order valence-corrected chi connectivity index (χ0v) is 9.71. The Kier molecular flexibility index (Phi) is 3.36. The molecule has 0 aliphatic heterocycles. The van der Waals surface area contributed by atoms with Crippen molar-refractivity contribution in [1.29, 1.82) is 0 Å². The monoisotopic (exact) mass is 230 g/mol. The quantitative estimate of drug-likeness (QED) is 0.807. The topological polar surface area (TPSA) is 63.6 Å². The van der Waals surface area contributed by atoms with E-state index in [1.807, 2.05) is 6.92 Å². The van der Waals surface area contributed by atoms with Gasteiger partial charge in [-0.05, 0) is 38.5 Å². The first kappa shape index (κ1) is 12.0. The van der Waals surface area contributed by atoms with E-state index in [0.717, 1.165) is 5.56 Å². The maximum Gasteiger partial charge on any atom is 0.298 e. The molecule has 1 N–H and O–H groups in total. The first-order chi connectivity index (χ1) is 6.80. The molecule has 0 aromatic heterocycles. The van der Waals surface area contributed by atoms with Crippen LogP contribution in [0.25, 0.3) is 0 Å². The molecular weight excluding hydrogens is 216 g/mol. The second kappa shape index (κ2) is 4.20. The molecule has 0 unspecified atom stereocenters. The molecular formula is C10H14O4S. The molecule has 1 rings (SSSR count). The predicted octanol–water partition coefficient (Wildman–Crippen LogP) is 2.03. The highest BCUT2D eigenvalue weighted by atomic mass is 32.2. The van der Waals surface area contributed by atoms with Gasteiger partial charge in [-0.1, -0.05) is 6.07 Å². The fourth-order valence-electron chi connectivity index (χ4n) is 1.17. The van der Waals surface area contributed by atoms with Crippen LogP contribution in [-0.2, 0) is 10.1 Å². The van der Waals surface area contributed by atoms with Gasteiger partial charge < -0.3 is 4.74 Å². The second-order valence-corrected chi connectivity index (χ2v) is 4.98. The van der Waals surface area contributed by atoms with E-state index in [9.17, 15) is 8.42 Å². The smallest absolute Gasteiger partial charge is 0.298 e. The van der Waals surface area contributed by atoms with E-state index in [2.05, 4.69) is 0 Å². The van der Waals surface area contributed by atoms with Gasteiger partial charge in [0.25, 0.3) is 10.1 Å². The standard InChI is InChI=1S/C10H14O4S/c1-7(2)14-9-6-8(3)4-5-10(9)15(11,12)13/h4-7H,1-3H3,(H,11,12,13). The Morgan fingerprint density at radius 2 is 1.93 bits per heavy atom. The van der Waals surface area contributed by atoms with E-state index in [1.54, 1.807) is 26.0 Å². The Balaban J connectivity index is 3.27. The Bertz CT molecular complexity index is 448. The minimum atomic E-state index is -4.22. The van der Waals surface area contributed by atoms with E-state index in [-0.39, 0.29) is 16.7 Å². The van der Waals surface area contributed by atoms with Gasteiger partial charge in [-0.2, -0.15) is 8.42 Å². The van der Waals surface area contributed by atoms with Crippen molar-refractivity contribution in [1.82, 2.24) is 0 Å². The number of hydrogen-bond acceptors (Lipinski definition) is 3. The number of rotatable bonds is 3. The van der Waals surface area contributed by atoms with Crippen molar-refractivity contribution in [2.45, 2.75) is 31.8 Å². The molecule has 1 aromatic rings. The highest BCUT2D eigenvalue weighted by Gasteiger charge is 2.17. The van der Waals surface area contributed by atoms with Gasteiger partial charge in [-0.3, -0.25) is 4.55 Å². The van der Waals surface area contributed by atoms with Gasteiger partial charge in [0.15, 0.2) is 0 Å². The predicted molar refractivity (Wildman–Crippen MR) is 56.8 cm³/mol. The summed E-state index contributed by atoms with van der Waals surface area (Å²) in [6.45, 7) is 5.40. The van der Waals surface area contributed by atoms with Crippen molar-refractivity contribution in [3.8, 4) is 5.75 Å². The number of hydrogen-bond donors (Lipinski definition) is 1. The molecule has 0 bridgehead atoms. The summed E-state index contributed by atoms with van der Waals surface area (Å²) < 4.78 is 36.3. The molecule has 5 heteroatoms. The Labute approximate surface area is 89.6 Å². The summed E-state index contributed by atoms with van der Waals surface area (Å²) in [6, 6.07) is 4.53. The van der Waals surface area contributed by atoms with Crippen LogP contribution in [-0.4, -0.2) is 19.1 Å². The lowest BCUT2D eigenvalue weighted by molar-refractivity contribution is 0.235. The van der Waals surface area contributed by atoms with Gasteiger partial charge in [0, 0.05) is 0 Å². The molecule has 0 heterocycles. The average Bonchev–Trinajstić information content (AvgIpc) is 1.99. The van der Waals surface area contributed by atoms with E-state index in [4.69, 9.17) is 9.29 Å². The van der Waals surface area contributed by atoms with E-state index in [1.165, 1.54) is 6.07 Å². The number of ether oxygens (including phenoxy) is 1. The summed E-state index contributed by atoms with van der Waals surface area (Å²) in [4.78, 5) is -0.193. The SMILES string of the molecule is Cc1ccc(S(=O)(=O)O)c(OC(C)C)c1. The van der Waals surface area contributed by atoms with Crippen LogP contribution >= 0.6 is 0 Å². The molecule has 0 fully saturated rings. The largest absolute Gasteiger partial charge is 0.490 e. The molecule has 84 valence electrons. The summed E-state index contributed by atoms with van der Waals surface area (Å²) in [5, 5.41) is 0. The molecule has 0 amide bonds. The zero-order chi connectivity index (χ0) is 11.6. The fraction of sp³-hybridized carbons (Fsp3) is 0.400. The lowest BCUT2D eigenvalue weighted by Crippen LogP contribution is -2.10. The van der Waals surface area contributed by atoms with Gasteiger partial charge >= 0.3 is 0 Å². The normalized spacial score (nSPS) is 11.8.